The van der Waals surface area contributed by atoms with E-state index in [0.29, 0.717) is 32.6 Å². The number of ether oxygens (including phenoxy) is 1. The number of nitriles is 1. The molecular weight excluding hydrogens is 456 g/mol. The summed E-state index contributed by atoms with van der Waals surface area (Å²) in [5, 5.41) is 21.7. The van der Waals surface area contributed by atoms with Crippen molar-refractivity contribution in [2.45, 2.75) is 25.4 Å². The van der Waals surface area contributed by atoms with Gasteiger partial charge >= 0.3 is 6.01 Å². The number of fused-ring (bicyclic) bond motifs is 2. The van der Waals surface area contributed by atoms with E-state index in [0.717, 1.165) is 40.1 Å². The van der Waals surface area contributed by atoms with E-state index >= 15 is 0 Å². The van der Waals surface area contributed by atoms with Crippen LogP contribution < -0.4 is 14.5 Å². The quantitative estimate of drug-likeness (QED) is 0.551. The first-order chi connectivity index (χ1) is 17.5. The molecule has 0 spiro atoms. The SMILES string of the molecule is C=CC(=O)N1CCN(c2nc(OC)nc3c2CCN(c2cc(O)cc4ccccc24)C3)CC1CC#N. The molecule has 0 saturated carbocycles. The number of phenolic OH excluding ortho intramolecular Hbond substituents is 1. The lowest BCUT2D eigenvalue weighted by Gasteiger charge is -2.42. The Morgan fingerprint density at radius 3 is 2.86 bits per heavy atom. The summed E-state index contributed by atoms with van der Waals surface area (Å²) in [4.78, 5) is 27.8. The van der Waals surface area contributed by atoms with E-state index in [4.69, 9.17) is 9.72 Å². The second-order valence-electron chi connectivity index (χ2n) is 9.01. The molecule has 5 rings (SSSR count). The average molecular weight is 485 g/mol. The van der Waals surface area contributed by atoms with Gasteiger partial charge in [0.15, 0.2) is 0 Å². The second-order valence-corrected chi connectivity index (χ2v) is 9.01. The molecule has 36 heavy (non-hydrogen) atoms. The topological polar surface area (TPSA) is 106 Å². The van der Waals surface area contributed by atoms with Crippen molar-refractivity contribution < 1.29 is 14.6 Å². The highest BCUT2D eigenvalue weighted by Crippen LogP contribution is 2.36. The van der Waals surface area contributed by atoms with E-state index in [-0.39, 0.29) is 30.1 Å². The molecule has 2 aromatic carbocycles. The van der Waals surface area contributed by atoms with Crippen LogP contribution in [0.15, 0.2) is 49.1 Å². The highest BCUT2D eigenvalue weighted by Gasteiger charge is 2.33. The van der Waals surface area contributed by atoms with Crippen LogP contribution in [-0.2, 0) is 17.8 Å². The molecule has 3 heterocycles. The van der Waals surface area contributed by atoms with E-state index in [9.17, 15) is 15.2 Å². The highest BCUT2D eigenvalue weighted by atomic mass is 16.5. The van der Waals surface area contributed by atoms with Gasteiger partial charge in [0, 0.05) is 48.9 Å². The molecule has 0 bridgehead atoms. The molecule has 2 aliphatic heterocycles. The van der Waals surface area contributed by atoms with Crippen molar-refractivity contribution in [1.29, 1.82) is 5.26 Å². The number of rotatable bonds is 5. The van der Waals surface area contributed by atoms with Crippen LogP contribution in [0.3, 0.4) is 0 Å². The number of aromatic hydroxyl groups is 1. The number of anilines is 2. The van der Waals surface area contributed by atoms with Crippen LogP contribution in [0.2, 0.25) is 0 Å². The molecule has 1 saturated heterocycles. The van der Waals surface area contributed by atoms with Gasteiger partial charge < -0.3 is 24.5 Å². The maximum absolute atomic E-state index is 12.3. The van der Waals surface area contributed by atoms with Crippen molar-refractivity contribution in [2.75, 3.05) is 43.1 Å². The fraction of sp³-hybridized carbons (Fsp3) is 0.333. The summed E-state index contributed by atoms with van der Waals surface area (Å²) in [7, 11) is 1.55. The minimum Gasteiger partial charge on any atom is -0.508 e. The van der Waals surface area contributed by atoms with E-state index in [1.165, 1.54) is 6.08 Å². The van der Waals surface area contributed by atoms with Gasteiger partial charge in [0.05, 0.1) is 37.9 Å². The van der Waals surface area contributed by atoms with Gasteiger partial charge in [-0.1, -0.05) is 30.8 Å². The first-order valence-corrected chi connectivity index (χ1v) is 12.0. The Labute approximate surface area is 209 Å². The molecule has 0 radical (unpaired) electrons. The van der Waals surface area contributed by atoms with Gasteiger partial charge in [-0.05, 0) is 23.9 Å². The highest BCUT2D eigenvalue weighted by molar-refractivity contribution is 5.95. The van der Waals surface area contributed by atoms with Crippen LogP contribution in [0.1, 0.15) is 17.7 Å². The monoisotopic (exact) mass is 484 g/mol. The van der Waals surface area contributed by atoms with Crippen LogP contribution in [0.4, 0.5) is 11.5 Å². The van der Waals surface area contributed by atoms with Crippen LogP contribution in [0.25, 0.3) is 10.8 Å². The maximum atomic E-state index is 12.3. The van der Waals surface area contributed by atoms with E-state index in [2.05, 4.69) is 33.5 Å². The summed E-state index contributed by atoms with van der Waals surface area (Å²) >= 11 is 0. The van der Waals surface area contributed by atoms with E-state index in [1.807, 2.05) is 18.2 Å². The summed E-state index contributed by atoms with van der Waals surface area (Å²) < 4.78 is 5.46. The lowest BCUT2D eigenvalue weighted by atomic mass is 10.0. The molecule has 1 unspecified atom stereocenters. The number of hydrogen-bond acceptors (Lipinski definition) is 8. The molecule has 1 atom stereocenters. The fourth-order valence-electron chi connectivity index (χ4n) is 5.22. The molecule has 2 aliphatic rings. The summed E-state index contributed by atoms with van der Waals surface area (Å²) in [5.41, 5.74) is 2.88. The lowest BCUT2D eigenvalue weighted by Crippen LogP contribution is -2.55. The van der Waals surface area contributed by atoms with Gasteiger partial charge in [-0.3, -0.25) is 4.79 Å². The number of carbonyl (C=O) groups is 1. The molecule has 1 N–H and O–H groups in total. The van der Waals surface area contributed by atoms with Crippen molar-refractivity contribution in [3.63, 3.8) is 0 Å². The van der Waals surface area contributed by atoms with E-state index < -0.39 is 0 Å². The number of benzene rings is 2. The molecule has 1 amide bonds. The fourth-order valence-corrected chi connectivity index (χ4v) is 5.22. The molecule has 3 aromatic rings. The van der Waals surface area contributed by atoms with Crippen LogP contribution in [0, 0.1) is 11.3 Å². The maximum Gasteiger partial charge on any atom is 0.318 e. The van der Waals surface area contributed by atoms with Gasteiger partial charge in [0.1, 0.15) is 11.6 Å². The van der Waals surface area contributed by atoms with Crippen LogP contribution in [0.5, 0.6) is 11.8 Å². The number of methoxy groups -OCH3 is 1. The number of aromatic nitrogens is 2. The molecule has 1 aromatic heterocycles. The Morgan fingerprint density at radius 2 is 2.08 bits per heavy atom. The number of piperazine rings is 1. The third kappa shape index (κ3) is 4.26. The van der Waals surface area contributed by atoms with Gasteiger partial charge in [-0.2, -0.15) is 15.2 Å². The van der Waals surface area contributed by atoms with Crippen molar-refractivity contribution in [3.05, 3.63) is 60.3 Å². The third-order valence-corrected chi connectivity index (χ3v) is 6.94. The first kappa shape index (κ1) is 23.4. The Balaban J connectivity index is 1.48. The zero-order valence-corrected chi connectivity index (χ0v) is 20.2. The number of hydrogen-bond donors (Lipinski definition) is 1. The average Bonchev–Trinajstić information content (AvgIpc) is 2.91. The zero-order chi connectivity index (χ0) is 25.2. The van der Waals surface area contributed by atoms with E-state index in [1.54, 1.807) is 24.1 Å². The molecular formula is C27H28N6O3. The second kappa shape index (κ2) is 9.74. The van der Waals surface area contributed by atoms with Crippen molar-refractivity contribution >= 4 is 28.2 Å². The largest absolute Gasteiger partial charge is 0.508 e. The Morgan fingerprint density at radius 1 is 1.25 bits per heavy atom. The standard InChI is InChI=1S/C27H28N6O3/c1-3-25(35)33-13-12-32(16-19(33)8-10-28)26-22-9-11-31(17-23(22)29-27(30-26)36-2)24-15-20(34)14-18-6-4-5-7-21(18)24/h3-7,14-15,19,34H,1,8-9,11-13,16-17H2,2H3. The van der Waals surface area contributed by atoms with Crippen molar-refractivity contribution in [1.82, 2.24) is 14.9 Å². The summed E-state index contributed by atoms with van der Waals surface area (Å²) in [6.07, 6.45) is 2.25. The van der Waals surface area contributed by atoms with Crippen LogP contribution in [-0.4, -0.2) is 65.2 Å². The number of nitrogens with zero attached hydrogens (tertiary/aromatic N) is 6. The summed E-state index contributed by atoms with van der Waals surface area (Å²) in [6.45, 7) is 6.46. The number of amides is 1. The minimum atomic E-state index is -0.246. The Kier molecular flexibility index (Phi) is 6.34. The molecule has 9 nitrogen and oxygen atoms in total. The summed E-state index contributed by atoms with van der Waals surface area (Å²) in [6, 6.07) is 13.8. The molecule has 1 fully saturated rings. The smallest absolute Gasteiger partial charge is 0.318 e. The predicted molar refractivity (Wildman–Crippen MR) is 137 cm³/mol. The molecule has 184 valence electrons. The van der Waals surface area contributed by atoms with Crippen LogP contribution >= 0.6 is 0 Å². The summed E-state index contributed by atoms with van der Waals surface area (Å²) in [5.74, 6) is 0.864. The zero-order valence-electron chi connectivity index (χ0n) is 20.2. The Bertz CT molecular complexity index is 1370. The Hall–Kier alpha value is -4.32. The number of phenols is 1. The minimum absolute atomic E-state index is 0.161. The predicted octanol–water partition coefficient (Wildman–Crippen LogP) is 3.02. The normalized spacial score (nSPS) is 17.4. The first-order valence-electron chi connectivity index (χ1n) is 12.0. The lowest BCUT2D eigenvalue weighted by molar-refractivity contribution is -0.128. The van der Waals surface area contributed by atoms with Gasteiger partial charge in [0.25, 0.3) is 0 Å². The number of carbonyl (C=O) groups excluding carboxylic acids is 1. The molecule has 9 heteroatoms. The third-order valence-electron chi connectivity index (χ3n) is 6.94. The van der Waals surface area contributed by atoms with Crippen molar-refractivity contribution in [3.8, 4) is 17.8 Å². The van der Waals surface area contributed by atoms with Gasteiger partial charge in [0.2, 0.25) is 5.91 Å². The molecule has 0 aliphatic carbocycles. The van der Waals surface area contributed by atoms with Crippen molar-refractivity contribution in [2.24, 2.45) is 0 Å². The van der Waals surface area contributed by atoms with Gasteiger partial charge in [-0.25, -0.2) is 0 Å². The van der Waals surface area contributed by atoms with Gasteiger partial charge in [-0.15, -0.1) is 0 Å².